The van der Waals surface area contributed by atoms with Crippen LogP contribution < -0.4 is 10.2 Å². The summed E-state index contributed by atoms with van der Waals surface area (Å²) in [6.07, 6.45) is 0.552. The molecule has 0 bridgehead atoms. The summed E-state index contributed by atoms with van der Waals surface area (Å²) in [4.78, 5) is 22.8. The Morgan fingerprint density at radius 2 is 2.03 bits per heavy atom. The predicted octanol–water partition coefficient (Wildman–Crippen LogP) is 3.64. The van der Waals surface area contributed by atoms with Gasteiger partial charge < -0.3 is 25.2 Å². The van der Waals surface area contributed by atoms with Gasteiger partial charge in [-0.05, 0) is 49.1 Å². The number of hydrogen-bond acceptors (Lipinski definition) is 6. The van der Waals surface area contributed by atoms with Gasteiger partial charge in [-0.15, -0.1) is 0 Å². The molecule has 9 heteroatoms. The Labute approximate surface area is 190 Å². The van der Waals surface area contributed by atoms with E-state index in [2.05, 4.69) is 15.2 Å². The highest BCUT2D eigenvalue weighted by atomic mass is 19.1. The summed E-state index contributed by atoms with van der Waals surface area (Å²) in [6, 6.07) is 11.0. The van der Waals surface area contributed by atoms with Gasteiger partial charge in [-0.2, -0.15) is 0 Å². The molecule has 2 aliphatic rings. The van der Waals surface area contributed by atoms with Crippen LogP contribution in [0, 0.1) is 17.7 Å². The van der Waals surface area contributed by atoms with Crippen molar-refractivity contribution >= 4 is 22.8 Å². The Hall–Kier alpha value is -3.46. The molecule has 172 valence electrons. The molecule has 3 N–H and O–H groups in total. The van der Waals surface area contributed by atoms with Gasteiger partial charge in [-0.3, -0.25) is 0 Å². The zero-order valence-electron chi connectivity index (χ0n) is 17.9. The van der Waals surface area contributed by atoms with Gasteiger partial charge in [0.2, 0.25) is 0 Å². The predicted molar refractivity (Wildman–Crippen MR) is 121 cm³/mol. The lowest BCUT2D eigenvalue weighted by Gasteiger charge is -2.28. The molecule has 0 saturated carbocycles. The minimum absolute atomic E-state index is 0.0659. The molecule has 5 rings (SSSR count). The highest BCUT2D eigenvalue weighted by molar-refractivity contribution is 5.91. The van der Waals surface area contributed by atoms with E-state index in [1.807, 2.05) is 0 Å². The van der Waals surface area contributed by atoms with E-state index in [4.69, 9.17) is 9.72 Å². The minimum atomic E-state index is -1.04. The zero-order chi connectivity index (χ0) is 22.9. The van der Waals surface area contributed by atoms with E-state index < -0.39 is 6.09 Å². The first kappa shape index (κ1) is 21.4. The monoisotopic (exact) mass is 452 g/mol. The fraction of sp³-hybridized carbons (Fsp3) is 0.375. The molecule has 2 fully saturated rings. The molecule has 0 spiro atoms. The number of nitrogens with zero attached hydrogens (tertiary/aromatic N) is 3. The number of rotatable bonds is 5. The standard InChI is InChI=1S/C24H25FN4O4/c25-16-5-6-19-18(11-16)23(28-22(26-19)17-3-1-2-4-20(17)30)29-9-7-14(12-29)21(27-24(31)32)15-8-10-33-13-15/h1-6,11,14-15,21,27,30H,7-10,12-13H2,(H,31,32)/t14?,15-,21-/m1/s1. The summed E-state index contributed by atoms with van der Waals surface area (Å²) in [6.45, 7) is 2.41. The average Bonchev–Trinajstić information content (AvgIpc) is 3.50. The molecule has 2 saturated heterocycles. The number of fused-ring (bicyclic) bond motifs is 1. The molecule has 3 heterocycles. The molecular formula is C24H25FN4O4. The highest BCUT2D eigenvalue weighted by Crippen LogP contribution is 2.36. The van der Waals surface area contributed by atoms with Crippen molar-refractivity contribution in [1.82, 2.24) is 15.3 Å². The molecule has 3 atom stereocenters. The fourth-order valence-corrected chi connectivity index (χ4v) is 4.98. The molecule has 0 radical (unpaired) electrons. The summed E-state index contributed by atoms with van der Waals surface area (Å²) >= 11 is 0. The van der Waals surface area contributed by atoms with Gasteiger partial charge in [-0.1, -0.05) is 12.1 Å². The number of carbonyl (C=O) groups is 1. The summed E-state index contributed by atoms with van der Waals surface area (Å²) in [5, 5.41) is 23.0. The van der Waals surface area contributed by atoms with Crippen molar-refractivity contribution in [3.05, 3.63) is 48.3 Å². The van der Waals surface area contributed by atoms with Crippen molar-refractivity contribution in [2.75, 3.05) is 31.2 Å². The van der Waals surface area contributed by atoms with Crippen LogP contribution in [0.5, 0.6) is 5.75 Å². The van der Waals surface area contributed by atoms with E-state index in [-0.39, 0.29) is 29.4 Å². The maximum absolute atomic E-state index is 14.1. The quantitative estimate of drug-likeness (QED) is 0.542. The minimum Gasteiger partial charge on any atom is -0.507 e. The van der Waals surface area contributed by atoms with Crippen LogP contribution in [0.1, 0.15) is 12.8 Å². The van der Waals surface area contributed by atoms with E-state index >= 15 is 0 Å². The maximum atomic E-state index is 14.1. The number of ether oxygens (including phenoxy) is 1. The third-order valence-corrected chi connectivity index (χ3v) is 6.58. The summed E-state index contributed by atoms with van der Waals surface area (Å²) in [5.41, 5.74) is 1.07. The van der Waals surface area contributed by atoms with Crippen LogP contribution in [0.25, 0.3) is 22.3 Å². The number of benzene rings is 2. The molecule has 3 aromatic rings. The van der Waals surface area contributed by atoms with Crippen LogP contribution in [-0.4, -0.2) is 58.6 Å². The Morgan fingerprint density at radius 1 is 1.18 bits per heavy atom. The Bertz CT molecular complexity index is 1180. The first-order chi connectivity index (χ1) is 16.0. The van der Waals surface area contributed by atoms with Crippen molar-refractivity contribution in [3.63, 3.8) is 0 Å². The topological polar surface area (TPSA) is 108 Å². The lowest BCUT2D eigenvalue weighted by Crippen LogP contribution is -2.46. The van der Waals surface area contributed by atoms with Crippen molar-refractivity contribution in [1.29, 1.82) is 0 Å². The number of halogens is 1. The average molecular weight is 452 g/mol. The molecule has 2 aliphatic heterocycles. The number of aromatic nitrogens is 2. The van der Waals surface area contributed by atoms with Gasteiger partial charge >= 0.3 is 6.09 Å². The summed E-state index contributed by atoms with van der Waals surface area (Å²) < 4.78 is 19.6. The van der Waals surface area contributed by atoms with Crippen LogP contribution in [0.3, 0.4) is 0 Å². The molecule has 1 unspecified atom stereocenters. The molecule has 8 nitrogen and oxygen atoms in total. The number of aromatic hydroxyl groups is 1. The smallest absolute Gasteiger partial charge is 0.404 e. The number of phenolic OH excluding ortho intramolecular Hbond substituents is 1. The van der Waals surface area contributed by atoms with Crippen LogP contribution in [-0.2, 0) is 4.74 Å². The SMILES string of the molecule is O=C(O)N[C@H](C1CCN(c2nc(-c3ccccc3O)nc3ccc(F)cc23)C1)[C@@H]1CCOC1. The number of hydrogen-bond donors (Lipinski definition) is 3. The second-order valence-corrected chi connectivity index (χ2v) is 8.64. The van der Waals surface area contributed by atoms with Gasteiger partial charge in [0.1, 0.15) is 17.4 Å². The second kappa shape index (κ2) is 8.82. The molecule has 33 heavy (non-hydrogen) atoms. The van der Waals surface area contributed by atoms with E-state index in [1.165, 1.54) is 12.1 Å². The Kier molecular flexibility index (Phi) is 5.72. The van der Waals surface area contributed by atoms with E-state index in [1.54, 1.807) is 30.3 Å². The first-order valence-electron chi connectivity index (χ1n) is 11.1. The van der Waals surface area contributed by atoms with Crippen LogP contribution in [0.2, 0.25) is 0 Å². The normalized spacial score (nSPS) is 21.4. The fourth-order valence-electron chi connectivity index (χ4n) is 4.98. The largest absolute Gasteiger partial charge is 0.507 e. The zero-order valence-corrected chi connectivity index (χ0v) is 17.9. The lowest BCUT2D eigenvalue weighted by molar-refractivity contribution is 0.154. The molecular weight excluding hydrogens is 427 g/mol. The van der Waals surface area contributed by atoms with Crippen LogP contribution in [0.4, 0.5) is 15.0 Å². The number of carboxylic acid groups (broad SMARTS) is 1. The van der Waals surface area contributed by atoms with Gasteiger partial charge in [0, 0.05) is 37.0 Å². The van der Waals surface area contributed by atoms with Crippen LogP contribution in [0.15, 0.2) is 42.5 Å². The number of phenols is 1. The maximum Gasteiger partial charge on any atom is 0.404 e. The molecule has 0 aliphatic carbocycles. The van der Waals surface area contributed by atoms with E-state index in [9.17, 15) is 19.4 Å². The third-order valence-electron chi connectivity index (χ3n) is 6.58. The summed E-state index contributed by atoms with van der Waals surface area (Å²) in [5.74, 6) is 0.817. The van der Waals surface area contributed by atoms with Gasteiger partial charge in [0.15, 0.2) is 5.82 Å². The highest BCUT2D eigenvalue weighted by Gasteiger charge is 2.38. The number of nitrogens with one attached hydrogen (secondary N) is 1. The van der Waals surface area contributed by atoms with E-state index in [0.29, 0.717) is 54.4 Å². The molecule has 2 aromatic carbocycles. The second-order valence-electron chi connectivity index (χ2n) is 8.64. The Balaban J connectivity index is 1.52. The van der Waals surface area contributed by atoms with Crippen LogP contribution >= 0.6 is 0 Å². The number of para-hydroxylation sites is 1. The van der Waals surface area contributed by atoms with Crippen molar-refractivity contribution in [2.24, 2.45) is 11.8 Å². The van der Waals surface area contributed by atoms with E-state index in [0.717, 1.165) is 12.8 Å². The van der Waals surface area contributed by atoms with Crippen molar-refractivity contribution in [2.45, 2.75) is 18.9 Å². The van der Waals surface area contributed by atoms with Gasteiger partial charge in [0.25, 0.3) is 0 Å². The lowest BCUT2D eigenvalue weighted by atomic mass is 9.87. The summed E-state index contributed by atoms with van der Waals surface area (Å²) in [7, 11) is 0. The number of anilines is 1. The first-order valence-corrected chi connectivity index (χ1v) is 11.1. The van der Waals surface area contributed by atoms with Gasteiger partial charge in [0.05, 0.1) is 17.7 Å². The molecule has 1 amide bonds. The van der Waals surface area contributed by atoms with Crippen molar-refractivity contribution in [3.8, 4) is 17.1 Å². The molecule has 1 aromatic heterocycles. The van der Waals surface area contributed by atoms with Crippen molar-refractivity contribution < 1.29 is 24.1 Å². The van der Waals surface area contributed by atoms with Gasteiger partial charge in [-0.25, -0.2) is 19.2 Å². The Morgan fingerprint density at radius 3 is 2.79 bits per heavy atom. The number of amides is 1. The third kappa shape index (κ3) is 4.28.